The van der Waals surface area contributed by atoms with Crippen molar-refractivity contribution in [3.63, 3.8) is 0 Å². The van der Waals surface area contributed by atoms with Gasteiger partial charge in [-0.3, -0.25) is 0 Å². The lowest BCUT2D eigenvalue weighted by molar-refractivity contribution is 0.574. The number of pyridine rings is 1. The Hall–Kier alpha value is -1.21. The van der Waals surface area contributed by atoms with E-state index in [1.807, 2.05) is 17.8 Å². The van der Waals surface area contributed by atoms with Gasteiger partial charge < -0.3 is 5.32 Å². The van der Waals surface area contributed by atoms with Gasteiger partial charge in [0.25, 0.3) is 0 Å². The van der Waals surface area contributed by atoms with Crippen LogP contribution in [0.3, 0.4) is 0 Å². The number of thioether (sulfide) groups is 1. The molecule has 0 aromatic carbocycles. The monoisotopic (exact) mass is 289 g/mol. The van der Waals surface area contributed by atoms with Gasteiger partial charge in [0.15, 0.2) is 0 Å². The minimum absolute atomic E-state index is 0.230. The molecule has 1 N–H and O–H groups in total. The molecule has 1 aromatic heterocycles. The van der Waals surface area contributed by atoms with Gasteiger partial charge in [-0.2, -0.15) is 17.0 Å². The molecule has 0 fully saturated rings. The summed E-state index contributed by atoms with van der Waals surface area (Å²) in [7, 11) is 0. The lowest BCUT2D eigenvalue weighted by atomic mass is 10.0. The summed E-state index contributed by atoms with van der Waals surface area (Å²) in [5.74, 6) is 0.772. The van der Waals surface area contributed by atoms with Crippen molar-refractivity contribution < 1.29 is 0 Å². The van der Waals surface area contributed by atoms with Crippen molar-refractivity contribution in [3.05, 3.63) is 22.9 Å². The van der Waals surface area contributed by atoms with Gasteiger partial charge in [-0.15, -0.1) is 0 Å². The Morgan fingerprint density at radius 2 is 2.15 bits per heavy atom. The Bertz CT molecular complexity index is 507. The van der Waals surface area contributed by atoms with Crippen molar-refractivity contribution in [2.75, 3.05) is 18.1 Å². The van der Waals surface area contributed by atoms with Crippen molar-refractivity contribution in [2.24, 2.45) is 0 Å². The summed E-state index contributed by atoms with van der Waals surface area (Å²) in [6.45, 7) is 5.31. The van der Waals surface area contributed by atoms with Gasteiger partial charge in [-0.25, -0.2) is 4.98 Å². The molecule has 0 atom stereocenters. The molecular weight excluding hydrogens is 266 g/mol. The summed E-state index contributed by atoms with van der Waals surface area (Å²) in [6, 6.07) is 4.31. The summed E-state index contributed by atoms with van der Waals surface area (Å²) in [5, 5.41) is 12.7. The first-order valence-corrected chi connectivity index (χ1v) is 8.62. The maximum atomic E-state index is 9.32. The van der Waals surface area contributed by atoms with E-state index in [9.17, 15) is 5.26 Å². The smallest absolute Gasteiger partial charge is 0.144 e. The molecule has 0 spiro atoms. The highest BCUT2D eigenvalue weighted by Crippen LogP contribution is 2.31. The van der Waals surface area contributed by atoms with Crippen LogP contribution < -0.4 is 5.32 Å². The van der Waals surface area contributed by atoms with E-state index in [0.717, 1.165) is 44.5 Å². The summed E-state index contributed by atoms with van der Waals surface area (Å²) >= 11 is 1.90. The van der Waals surface area contributed by atoms with E-state index in [4.69, 9.17) is 0 Å². The molecule has 0 bridgehead atoms. The van der Waals surface area contributed by atoms with Crippen molar-refractivity contribution >= 4 is 17.6 Å². The molecule has 108 valence electrons. The minimum Gasteiger partial charge on any atom is -0.368 e. The first kappa shape index (κ1) is 15.2. The normalized spacial score (nSPS) is 13.9. The lowest BCUT2D eigenvalue weighted by Gasteiger charge is -2.30. The van der Waals surface area contributed by atoms with E-state index in [-0.39, 0.29) is 4.75 Å². The maximum absolute atomic E-state index is 9.32. The highest BCUT2D eigenvalue weighted by molar-refractivity contribution is 8.00. The topological polar surface area (TPSA) is 48.7 Å². The van der Waals surface area contributed by atoms with Crippen LogP contribution in [0.15, 0.2) is 6.07 Å². The fourth-order valence-corrected chi connectivity index (χ4v) is 3.59. The van der Waals surface area contributed by atoms with Crippen LogP contribution in [0.2, 0.25) is 0 Å². The summed E-state index contributed by atoms with van der Waals surface area (Å²) < 4.78 is 0.230. The Balaban J connectivity index is 2.19. The van der Waals surface area contributed by atoms with Crippen molar-refractivity contribution in [1.82, 2.24) is 4.98 Å². The average Bonchev–Trinajstić information content (AvgIpc) is 2.95. The zero-order valence-corrected chi connectivity index (χ0v) is 13.4. The van der Waals surface area contributed by atoms with Gasteiger partial charge in [0.1, 0.15) is 11.9 Å². The van der Waals surface area contributed by atoms with Gasteiger partial charge in [-0.1, -0.05) is 13.8 Å². The number of anilines is 1. The molecule has 1 aliphatic carbocycles. The van der Waals surface area contributed by atoms with Gasteiger partial charge in [0, 0.05) is 17.0 Å². The van der Waals surface area contributed by atoms with E-state index in [0.29, 0.717) is 5.56 Å². The molecule has 4 heteroatoms. The Morgan fingerprint density at radius 1 is 1.40 bits per heavy atom. The van der Waals surface area contributed by atoms with Crippen molar-refractivity contribution in [2.45, 2.75) is 50.7 Å². The molecule has 1 aliphatic rings. The number of aromatic nitrogens is 1. The van der Waals surface area contributed by atoms with Gasteiger partial charge in [0.2, 0.25) is 0 Å². The SMILES string of the molecule is CCC(CC)(CNc1nc2c(cc1C#N)CCC2)SC. The Labute approximate surface area is 126 Å². The highest BCUT2D eigenvalue weighted by atomic mass is 32.2. The van der Waals surface area contributed by atoms with Gasteiger partial charge >= 0.3 is 0 Å². The number of hydrogen-bond donors (Lipinski definition) is 1. The minimum atomic E-state index is 0.230. The molecule has 0 saturated carbocycles. The molecular formula is C16H23N3S. The van der Waals surface area contributed by atoms with Gasteiger partial charge in [-0.05, 0) is 50.0 Å². The summed E-state index contributed by atoms with van der Waals surface area (Å²) in [5.41, 5.74) is 3.12. The third-order valence-corrected chi connectivity index (χ3v) is 6.06. The van der Waals surface area contributed by atoms with Crippen LogP contribution in [0, 0.1) is 11.3 Å². The molecule has 3 nitrogen and oxygen atoms in total. The number of hydrogen-bond acceptors (Lipinski definition) is 4. The number of aryl methyl sites for hydroxylation is 2. The second kappa shape index (κ2) is 6.49. The van der Waals surface area contributed by atoms with Crippen LogP contribution in [0.25, 0.3) is 0 Å². The first-order chi connectivity index (χ1) is 9.68. The average molecular weight is 289 g/mol. The van der Waals surface area contributed by atoms with E-state index >= 15 is 0 Å². The fraction of sp³-hybridized carbons (Fsp3) is 0.625. The second-order valence-electron chi connectivity index (χ2n) is 5.40. The van der Waals surface area contributed by atoms with E-state index in [1.165, 1.54) is 11.3 Å². The zero-order valence-electron chi connectivity index (χ0n) is 12.6. The zero-order chi connectivity index (χ0) is 14.6. The molecule has 0 saturated heterocycles. The third-order valence-electron chi connectivity index (χ3n) is 4.47. The summed E-state index contributed by atoms with van der Waals surface area (Å²) in [6.07, 6.45) is 7.67. The van der Waals surface area contributed by atoms with E-state index in [2.05, 4.69) is 36.5 Å². The standard InChI is InChI=1S/C16H23N3S/c1-4-16(5-2,20-3)11-18-15-13(10-17)9-12-7-6-8-14(12)19-15/h9H,4-8,11H2,1-3H3,(H,18,19). The number of nitrogens with one attached hydrogen (secondary N) is 1. The molecule has 20 heavy (non-hydrogen) atoms. The molecule has 0 unspecified atom stereocenters. The molecule has 1 aromatic rings. The Morgan fingerprint density at radius 3 is 2.75 bits per heavy atom. The fourth-order valence-electron chi connectivity index (χ4n) is 2.80. The van der Waals surface area contributed by atoms with Crippen LogP contribution in [-0.2, 0) is 12.8 Å². The van der Waals surface area contributed by atoms with Crippen LogP contribution in [-0.4, -0.2) is 22.5 Å². The van der Waals surface area contributed by atoms with Crippen LogP contribution in [0.4, 0.5) is 5.82 Å². The number of rotatable bonds is 6. The van der Waals surface area contributed by atoms with E-state index < -0.39 is 0 Å². The highest BCUT2D eigenvalue weighted by Gasteiger charge is 2.25. The molecule has 0 radical (unpaired) electrons. The van der Waals surface area contributed by atoms with E-state index in [1.54, 1.807) is 0 Å². The molecule has 2 rings (SSSR count). The predicted octanol–water partition coefficient (Wildman–Crippen LogP) is 3.78. The maximum Gasteiger partial charge on any atom is 0.144 e. The molecule has 0 amide bonds. The van der Waals surface area contributed by atoms with Crippen molar-refractivity contribution in [3.8, 4) is 6.07 Å². The number of nitriles is 1. The lowest BCUT2D eigenvalue weighted by Crippen LogP contribution is -2.32. The first-order valence-electron chi connectivity index (χ1n) is 7.40. The third kappa shape index (κ3) is 2.93. The molecule has 1 heterocycles. The second-order valence-corrected chi connectivity index (χ2v) is 6.68. The number of nitrogens with zero attached hydrogens (tertiary/aromatic N) is 2. The van der Waals surface area contributed by atoms with Gasteiger partial charge in [0.05, 0.1) is 5.56 Å². The van der Waals surface area contributed by atoms with Crippen LogP contribution in [0.1, 0.15) is 49.9 Å². The number of fused-ring (bicyclic) bond motifs is 1. The van der Waals surface area contributed by atoms with Crippen LogP contribution >= 0.6 is 11.8 Å². The Kier molecular flexibility index (Phi) is 4.93. The predicted molar refractivity (Wildman–Crippen MR) is 86.3 cm³/mol. The quantitative estimate of drug-likeness (QED) is 0.866. The summed E-state index contributed by atoms with van der Waals surface area (Å²) in [4.78, 5) is 4.69. The van der Waals surface area contributed by atoms with Crippen molar-refractivity contribution in [1.29, 1.82) is 5.26 Å². The molecule has 0 aliphatic heterocycles. The largest absolute Gasteiger partial charge is 0.368 e. The van der Waals surface area contributed by atoms with Crippen LogP contribution in [0.5, 0.6) is 0 Å².